The maximum atomic E-state index is 14.3. The number of aliphatic hydroxyl groups is 2. The van der Waals surface area contributed by atoms with E-state index in [1.165, 1.54) is 6.42 Å². The summed E-state index contributed by atoms with van der Waals surface area (Å²) in [5, 5.41) is 29.6. The van der Waals surface area contributed by atoms with Crippen molar-refractivity contribution in [1.82, 2.24) is 20.6 Å². The van der Waals surface area contributed by atoms with E-state index < -0.39 is 24.2 Å². The van der Waals surface area contributed by atoms with Crippen LogP contribution in [0.4, 0.5) is 5.69 Å². The molecule has 1 saturated heterocycles. The van der Waals surface area contributed by atoms with E-state index in [9.17, 15) is 19.8 Å². The minimum atomic E-state index is -0.896. The SMILES string of the molecule is COc1c(CN2O[C@@H](CO)[C@@H]([C@H](C)O)[C@H]2C(=O)N[C@@H]2C[C@H]3C[C@@H]([C@@H]2C)C3(C)C)cccc1-c1ccc(N(C)C)c(C(=O)N[C@H](CN(C)C)CC(C)(C)C)c1. The number of nitrogens with zero attached hydrogens (tertiary/aromatic N) is 3. The second kappa shape index (κ2) is 16.5. The molecule has 0 spiro atoms. The highest BCUT2D eigenvalue weighted by atomic mass is 16.7. The van der Waals surface area contributed by atoms with Crippen LogP contribution < -0.4 is 20.3 Å². The monoisotopic (exact) mass is 750 g/mol. The smallest absolute Gasteiger partial charge is 0.253 e. The number of fused-ring (bicyclic) bond motifs is 2. The van der Waals surface area contributed by atoms with Crippen LogP contribution in [0.15, 0.2) is 36.4 Å². The van der Waals surface area contributed by atoms with Crippen LogP contribution in [0.5, 0.6) is 5.75 Å². The van der Waals surface area contributed by atoms with Crippen molar-refractivity contribution in [3.8, 4) is 16.9 Å². The normalized spacial score (nSPS) is 27.6. The van der Waals surface area contributed by atoms with Crippen molar-refractivity contribution in [1.29, 1.82) is 0 Å². The molecule has 11 heteroatoms. The second-order valence-corrected chi connectivity index (χ2v) is 18.6. The summed E-state index contributed by atoms with van der Waals surface area (Å²) in [6.07, 6.45) is 1.32. The van der Waals surface area contributed by atoms with Gasteiger partial charge in [-0.1, -0.05) is 65.8 Å². The summed E-state index contributed by atoms with van der Waals surface area (Å²) in [7, 11) is 9.51. The van der Waals surface area contributed by atoms with Crippen molar-refractivity contribution < 1.29 is 29.4 Å². The van der Waals surface area contributed by atoms with E-state index in [1.807, 2.05) is 69.5 Å². The van der Waals surface area contributed by atoms with Crippen LogP contribution in [0.1, 0.15) is 83.7 Å². The lowest BCUT2D eigenvalue weighted by atomic mass is 9.45. The minimum absolute atomic E-state index is 0.0327. The van der Waals surface area contributed by atoms with Gasteiger partial charge in [-0.2, -0.15) is 5.06 Å². The molecule has 0 radical (unpaired) electrons. The zero-order valence-corrected chi connectivity index (χ0v) is 34.8. The third-order valence-electron chi connectivity index (χ3n) is 12.5. The van der Waals surface area contributed by atoms with Crippen molar-refractivity contribution in [3.05, 3.63) is 47.5 Å². The van der Waals surface area contributed by atoms with Gasteiger partial charge in [-0.15, -0.1) is 0 Å². The van der Waals surface area contributed by atoms with Crippen LogP contribution in [-0.4, -0.2) is 111 Å². The van der Waals surface area contributed by atoms with E-state index in [1.54, 1.807) is 19.1 Å². The molecular weight excluding hydrogens is 683 g/mol. The summed E-state index contributed by atoms with van der Waals surface area (Å²) in [5.41, 5.74) is 4.05. The Bertz CT molecular complexity index is 1640. The number of para-hydroxylation sites is 1. The maximum Gasteiger partial charge on any atom is 0.253 e. The molecule has 6 rings (SSSR count). The Labute approximate surface area is 323 Å². The van der Waals surface area contributed by atoms with Gasteiger partial charge >= 0.3 is 0 Å². The Morgan fingerprint density at radius 2 is 1.81 bits per heavy atom. The zero-order chi connectivity index (χ0) is 39.9. The van der Waals surface area contributed by atoms with Crippen molar-refractivity contribution in [2.45, 2.75) is 105 Å². The van der Waals surface area contributed by atoms with Crippen LogP contribution in [0.25, 0.3) is 11.1 Å². The first-order valence-electron chi connectivity index (χ1n) is 19.7. The first-order chi connectivity index (χ1) is 25.3. The number of nitrogens with one attached hydrogen (secondary N) is 2. The highest BCUT2D eigenvalue weighted by molar-refractivity contribution is 6.01. The number of benzene rings is 2. The third-order valence-corrected chi connectivity index (χ3v) is 12.5. The fraction of sp³-hybridized carbons (Fsp3) is 0.674. The van der Waals surface area contributed by atoms with Crippen molar-refractivity contribution in [3.63, 3.8) is 0 Å². The molecule has 3 saturated carbocycles. The van der Waals surface area contributed by atoms with Crippen LogP contribution in [0.3, 0.4) is 0 Å². The number of carbonyl (C=O) groups is 2. The van der Waals surface area contributed by atoms with Crippen LogP contribution in [0, 0.1) is 34.5 Å². The maximum absolute atomic E-state index is 14.3. The number of hydrogen-bond acceptors (Lipinski definition) is 9. The molecule has 2 aromatic carbocycles. The largest absolute Gasteiger partial charge is 0.496 e. The summed E-state index contributed by atoms with van der Waals surface area (Å²) in [4.78, 5) is 38.6. The zero-order valence-electron chi connectivity index (χ0n) is 34.8. The van der Waals surface area contributed by atoms with Gasteiger partial charge in [-0.05, 0) is 86.6 Å². The van der Waals surface area contributed by atoms with Crippen molar-refractivity contribution in [2.75, 3.05) is 53.4 Å². The minimum Gasteiger partial charge on any atom is -0.496 e. The molecule has 1 aliphatic heterocycles. The van der Waals surface area contributed by atoms with Gasteiger partial charge < -0.3 is 35.4 Å². The fourth-order valence-corrected chi connectivity index (χ4v) is 9.71. The Balaban J connectivity index is 1.45. The number of anilines is 1. The van der Waals surface area contributed by atoms with Gasteiger partial charge in [0.05, 0.1) is 31.9 Å². The number of hydrogen-bond donors (Lipinski definition) is 4. The van der Waals surface area contributed by atoms with Gasteiger partial charge in [-0.25, -0.2) is 0 Å². The molecule has 0 unspecified atom stereocenters. The van der Waals surface area contributed by atoms with E-state index in [0.29, 0.717) is 29.1 Å². The molecule has 11 nitrogen and oxygen atoms in total. The Morgan fingerprint density at radius 3 is 2.37 bits per heavy atom. The summed E-state index contributed by atoms with van der Waals surface area (Å²) in [5.74, 6) is 1.09. The Hall–Kier alpha value is -3.22. The first-order valence-corrected chi connectivity index (χ1v) is 19.7. The molecule has 2 aromatic rings. The first kappa shape index (κ1) is 41.9. The van der Waals surface area contributed by atoms with Gasteiger partial charge in [0.1, 0.15) is 17.9 Å². The molecular formula is C43H67N5O6. The number of aliphatic hydroxyl groups excluding tert-OH is 2. The topological polar surface area (TPSA) is 127 Å². The fourth-order valence-electron chi connectivity index (χ4n) is 9.71. The number of carbonyl (C=O) groups excluding carboxylic acids is 2. The van der Waals surface area contributed by atoms with Crippen LogP contribution >= 0.6 is 0 Å². The lowest BCUT2D eigenvalue weighted by molar-refractivity contribution is -0.183. The Morgan fingerprint density at radius 1 is 1.11 bits per heavy atom. The second-order valence-electron chi connectivity index (χ2n) is 18.6. The number of amides is 2. The quantitative estimate of drug-likeness (QED) is 0.207. The summed E-state index contributed by atoms with van der Waals surface area (Å²) >= 11 is 0. The molecule has 300 valence electrons. The van der Waals surface area contributed by atoms with E-state index in [4.69, 9.17) is 9.57 Å². The van der Waals surface area contributed by atoms with Gasteiger partial charge in [-0.3, -0.25) is 14.4 Å². The van der Waals surface area contributed by atoms with Crippen LogP contribution in [-0.2, 0) is 16.2 Å². The Kier molecular flexibility index (Phi) is 12.8. The summed E-state index contributed by atoms with van der Waals surface area (Å²) < 4.78 is 6.08. The standard InChI is InChI=1S/C43H67N5O6/c1-25-33-19-29(43(33,6)7)20-34(25)45-41(52)38-37(26(2)50)36(24-49)54-48(38)22-28-14-13-15-31(39(28)53-12)27-16-17-35(47(10)11)32(18-27)40(51)44-30(23-46(8)9)21-42(3,4)5/h13-18,25-26,29-30,33-34,36-38,49-50H,19-24H2,1-12H3,(H,44,51)(H,45,52)/t25-,26-,29+,30-,33-,34+,36-,37+,38-/m0/s1. The van der Waals surface area contributed by atoms with Crippen LogP contribution in [0.2, 0.25) is 0 Å². The van der Waals surface area contributed by atoms with Gasteiger partial charge in [0, 0.05) is 55.5 Å². The molecule has 2 bridgehead atoms. The summed E-state index contributed by atoms with van der Waals surface area (Å²) in [6.45, 7) is 15.7. The molecule has 3 aliphatic carbocycles. The molecule has 9 atom stereocenters. The lowest BCUT2D eigenvalue weighted by Gasteiger charge is -2.62. The molecule has 2 amide bonds. The van der Waals surface area contributed by atoms with Crippen molar-refractivity contribution >= 4 is 17.5 Å². The molecule has 4 aliphatic rings. The van der Waals surface area contributed by atoms with Gasteiger partial charge in [0.15, 0.2) is 0 Å². The number of rotatable bonds is 14. The average molecular weight is 750 g/mol. The van der Waals surface area contributed by atoms with E-state index in [0.717, 1.165) is 41.8 Å². The van der Waals surface area contributed by atoms with E-state index in [-0.39, 0.29) is 47.9 Å². The van der Waals surface area contributed by atoms with E-state index in [2.05, 4.69) is 57.1 Å². The molecule has 4 fully saturated rings. The summed E-state index contributed by atoms with van der Waals surface area (Å²) in [6, 6.07) is 10.9. The highest BCUT2D eigenvalue weighted by Crippen LogP contribution is 2.61. The molecule has 4 N–H and O–H groups in total. The lowest BCUT2D eigenvalue weighted by Crippen LogP contribution is -2.62. The van der Waals surface area contributed by atoms with Crippen molar-refractivity contribution in [2.24, 2.45) is 34.5 Å². The van der Waals surface area contributed by atoms with E-state index >= 15 is 0 Å². The number of methoxy groups -OCH3 is 1. The molecule has 0 aromatic heterocycles. The number of ether oxygens (including phenoxy) is 1. The predicted molar refractivity (Wildman–Crippen MR) is 214 cm³/mol. The average Bonchev–Trinajstić information content (AvgIpc) is 3.46. The third kappa shape index (κ3) is 8.76. The van der Waals surface area contributed by atoms with Gasteiger partial charge in [0.25, 0.3) is 5.91 Å². The predicted octanol–water partition coefficient (Wildman–Crippen LogP) is 5.19. The highest BCUT2D eigenvalue weighted by Gasteiger charge is 2.57. The molecule has 1 heterocycles. The number of likely N-dealkylation sites (N-methyl/N-ethyl adjacent to an activating group) is 1. The number of hydroxylamine groups is 2. The molecule has 54 heavy (non-hydrogen) atoms. The van der Waals surface area contributed by atoms with Gasteiger partial charge in [0.2, 0.25) is 5.91 Å².